The van der Waals surface area contributed by atoms with Gasteiger partial charge in [0.25, 0.3) is 5.69 Å². The molecule has 2 unspecified atom stereocenters. The number of nitro groups is 1. The van der Waals surface area contributed by atoms with Crippen LogP contribution in [0, 0.1) is 16.0 Å². The van der Waals surface area contributed by atoms with E-state index >= 15 is 0 Å². The Labute approximate surface area is 120 Å². The highest BCUT2D eigenvalue weighted by Gasteiger charge is 2.24. The number of aliphatic hydroxyl groups excluding tert-OH is 1. The Balaban J connectivity index is 2.07. The molecule has 2 rings (SSSR count). The van der Waals surface area contributed by atoms with E-state index in [4.69, 9.17) is 0 Å². The molecule has 0 radical (unpaired) electrons. The topological polar surface area (TPSA) is 66.6 Å². The summed E-state index contributed by atoms with van der Waals surface area (Å²) in [5, 5.41) is 20.7. The van der Waals surface area contributed by atoms with Gasteiger partial charge in [0.15, 0.2) is 0 Å². The van der Waals surface area contributed by atoms with Crippen molar-refractivity contribution in [2.45, 2.75) is 26.0 Å². The van der Waals surface area contributed by atoms with Gasteiger partial charge in [-0.05, 0) is 46.4 Å². The maximum absolute atomic E-state index is 10.9. The molecule has 0 aliphatic carbocycles. The Morgan fingerprint density at radius 1 is 1.58 bits per heavy atom. The number of benzene rings is 1. The van der Waals surface area contributed by atoms with Crippen LogP contribution in [0.25, 0.3) is 0 Å². The fraction of sp³-hybridized carbons (Fsp3) is 0.538. The van der Waals surface area contributed by atoms with Crippen molar-refractivity contribution in [2.75, 3.05) is 13.1 Å². The van der Waals surface area contributed by atoms with Gasteiger partial charge >= 0.3 is 0 Å². The number of halogens is 1. The number of hydrogen-bond acceptors (Lipinski definition) is 4. The summed E-state index contributed by atoms with van der Waals surface area (Å²) >= 11 is 3.18. The summed E-state index contributed by atoms with van der Waals surface area (Å²) in [5.74, 6) is 0.329. The Morgan fingerprint density at radius 3 is 2.95 bits per heavy atom. The second-order valence-corrected chi connectivity index (χ2v) is 5.97. The van der Waals surface area contributed by atoms with Gasteiger partial charge in [-0.2, -0.15) is 0 Å². The molecule has 1 saturated heterocycles. The Morgan fingerprint density at radius 2 is 2.32 bits per heavy atom. The van der Waals surface area contributed by atoms with Crippen molar-refractivity contribution in [1.29, 1.82) is 0 Å². The zero-order valence-electron chi connectivity index (χ0n) is 10.8. The first-order chi connectivity index (χ1) is 8.97. The third-order valence-electron chi connectivity index (χ3n) is 3.62. The highest BCUT2D eigenvalue weighted by Crippen LogP contribution is 2.27. The molecule has 104 valence electrons. The van der Waals surface area contributed by atoms with Crippen LogP contribution in [0.15, 0.2) is 22.7 Å². The smallest absolute Gasteiger partial charge is 0.283 e. The summed E-state index contributed by atoms with van der Waals surface area (Å²) in [7, 11) is 0. The normalized spacial score (nSPS) is 24.4. The van der Waals surface area contributed by atoms with Crippen LogP contribution < -0.4 is 0 Å². The second-order valence-electron chi connectivity index (χ2n) is 5.11. The molecule has 1 aliphatic heterocycles. The zero-order valence-corrected chi connectivity index (χ0v) is 12.3. The van der Waals surface area contributed by atoms with Gasteiger partial charge in [0.1, 0.15) is 0 Å². The van der Waals surface area contributed by atoms with Crippen molar-refractivity contribution in [3.05, 3.63) is 38.3 Å². The van der Waals surface area contributed by atoms with Gasteiger partial charge < -0.3 is 5.11 Å². The van der Waals surface area contributed by atoms with E-state index in [9.17, 15) is 15.2 Å². The number of nitrogens with zero attached hydrogens (tertiary/aromatic N) is 2. The van der Waals surface area contributed by atoms with Gasteiger partial charge in [-0.3, -0.25) is 15.0 Å². The highest BCUT2D eigenvalue weighted by molar-refractivity contribution is 9.10. The quantitative estimate of drug-likeness (QED) is 0.684. The second kappa shape index (κ2) is 5.98. The first-order valence-electron chi connectivity index (χ1n) is 6.30. The zero-order chi connectivity index (χ0) is 14.0. The summed E-state index contributed by atoms with van der Waals surface area (Å²) in [6, 6.07) is 5.17. The number of likely N-dealkylation sites (tertiary alicyclic amines) is 1. The first kappa shape index (κ1) is 14.4. The van der Waals surface area contributed by atoms with Crippen LogP contribution in [0.5, 0.6) is 0 Å². The number of piperidine rings is 1. The molecule has 1 aromatic rings. The lowest BCUT2D eigenvalue weighted by Gasteiger charge is -2.34. The van der Waals surface area contributed by atoms with Crippen molar-refractivity contribution in [2.24, 2.45) is 5.92 Å². The van der Waals surface area contributed by atoms with Gasteiger partial charge in [-0.25, -0.2) is 0 Å². The lowest BCUT2D eigenvalue weighted by atomic mass is 9.96. The Bertz CT molecular complexity index is 481. The molecule has 1 N–H and O–H groups in total. The van der Waals surface area contributed by atoms with Crippen LogP contribution in [-0.4, -0.2) is 34.1 Å². The maximum Gasteiger partial charge on any atom is 0.283 e. The van der Waals surface area contributed by atoms with Crippen molar-refractivity contribution >= 4 is 21.6 Å². The summed E-state index contributed by atoms with van der Waals surface area (Å²) in [4.78, 5) is 12.6. The SMILES string of the molecule is CC1CCN(Cc2ccc(Br)c([N+](=O)[O-])c2)CC1O. The van der Waals surface area contributed by atoms with Gasteiger partial charge in [0.2, 0.25) is 0 Å². The largest absolute Gasteiger partial charge is 0.392 e. The predicted molar refractivity (Wildman–Crippen MR) is 75.9 cm³/mol. The molecule has 6 heteroatoms. The Hall–Kier alpha value is -0.980. The molecular formula is C13H17BrN2O3. The number of rotatable bonds is 3. The Kier molecular flexibility index (Phi) is 4.54. The molecule has 2 atom stereocenters. The van der Waals surface area contributed by atoms with Crippen molar-refractivity contribution in [1.82, 2.24) is 4.90 Å². The molecule has 1 aromatic carbocycles. The van der Waals surface area contributed by atoms with E-state index in [1.165, 1.54) is 0 Å². The van der Waals surface area contributed by atoms with Gasteiger partial charge in [-0.1, -0.05) is 13.0 Å². The van der Waals surface area contributed by atoms with E-state index in [0.717, 1.165) is 18.5 Å². The van der Waals surface area contributed by atoms with E-state index in [-0.39, 0.29) is 16.7 Å². The number of aliphatic hydroxyl groups is 1. The average Bonchev–Trinajstić information content (AvgIpc) is 2.36. The van der Waals surface area contributed by atoms with Crippen LogP contribution in [0.2, 0.25) is 0 Å². The van der Waals surface area contributed by atoms with Crippen LogP contribution >= 0.6 is 15.9 Å². The third-order valence-corrected chi connectivity index (χ3v) is 4.29. The summed E-state index contributed by atoms with van der Waals surface area (Å²) in [6.07, 6.45) is 0.652. The van der Waals surface area contributed by atoms with Crippen molar-refractivity contribution < 1.29 is 10.0 Å². The highest BCUT2D eigenvalue weighted by atomic mass is 79.9. The van der Waals surface area contributed by atoms with Crippen LogP contribution in [0.3, 0.4) is 0 Å². The molecule has 1 fully saturated rings. The molecule has 0 spiro atoms. The van der Waals surface area contributed by atoms with E-state index in [1.54, 1.807) is 12.1 Å². The maximum atomic E-state index is 10.9. The minimum atomic E-state index is -0.388. The molecule has 0 bridgehead atoms. The van der Waals surface area contributed by atoms with Gasteiger partial charge in [0, 0.05) is 19.2 Å². The molecule has 19 heavy (non-hydrogen) atoms. The van der Waals surface area contributed by atoms with Crippen LogP contribution in [-0.2, 0) is 6.54 Å². The molecule has 5 nitrogen and oxygen atoms in total. The van der Waals surface area contributed by atoms with Crippen molar-refractivity contribution in [3.8, 4) is 0 Å². The summed E-state index contributed by atoms with van der Waals surface area (Å²) in [6.45, 7) is 4.23. The van der Waals surface area contributed by atoms with Gasteiger partial charge in [0.05, 0.1) is 15.5 Å². The third kappa shape index (κ3) is 3.52. The fourth-order valence-electron chi connectivity index (χ4n) is 2.31. The van der Waals surface area contributed by atoms with Gasteiger partial charge in [-0.15, -0.1) is 0 Å². The van der Waals surface area contributed by atoms with E-state index in [1.807, 2.05) is 13.0 Å². The number of β-amino-alcohol motifs (C(OH)–C–C–N with tert-alkyl or cyclic N) is 1. The standard InChI is InChI=1S/C13H17BrN2O3/c1-9-4-5-15(8-13(9)17)7-10-2-3-11(14)12(6-10)16(18)19/h2-3,6,9,13,17H,4-5,7-8H2,1H3. The number of nitro benzene ring substituents is 1. The minimum Gasteiger partial charge on any atom is -0.392 e. The van der Waals surface area contributed by atoms with Crippen LogP contribution in [0.4, 0.5) is 5.69 Å². The van der Waals surface area contributed by atoms with E-state index in [0.29, 0.717) is 23.5 Å². The molecule has 0 saturated carbocycles. The van der Waals surface area contributed by atoms with Crippen molar-refractivity contribution in [3.63, 3.8) is 0 Å². The number of hydrogen-bond donors (Lipinski definition) is 1. The lowest BCUT2D eigenvalue weighted by Crippen LogP contribution is -2.42. The molecule has 0 aromatic heterocycles. The minimum absolute atomic E-state index is 0.0865. The van der Waals surface area contributed by atoms with E-state index < -0.39 is 0 Å². The lowest BCUT2D eigenvalue weighted by molar-refractivity contribution is -0.385. The summed E-state index contributed by atoms with van der Waals surface area (Å²) < 4.78 is 0.494. The molecule has 1 heterocycles. The first-order valence-corrected chi connectivity index (χ1v) is 7.10. The molecule has 0 amide bonds. The summed E-state index contributed by atoms with van der Waals surface area (Å²) in [5.41, 5.74) is 0.986. The predicted octanol–water partition coefficient (Wildman–Crippen LogP) is 2.56. The monoisotopic (exact) mass is 328 g/mol. The van der Waals surface area contributed by atoms with E-state index in [2.05, 4.69) is 20.8 Å². The average molecular weight is 329 g/mol. The molecule has 1 aliphatic rings. The molecular weight excluding hydrogens is 312 g/mol. The van der Waals surface area contributed by atoms with Crippen LogP contribution in [0.1, 0.15) is 18.9 Å². The fourth-order valence-corrected chi connectivity index (χ4v) is 2.70.